The first kappa shape index (κ1) is 35.2. The summed E-state index contributed by atoms with van der Waals surface area (Å²) in [6, 6.07) is 4.18. The van der Waals surface area contributed by atoms with Crippen LogP contribution in [0.3, 0.4) is 0 Å². The second-order valence-corrected chi connectivity index (χ2v) is 16.1. The number of hydrogen-bond acceptors (Lipinski definition) is 11. The van der Waals surface area contributed by atoms with Crippen molar-refractivity contribution in [1.29, 1.82) is 0 Å². The van der Waals surface area contributed by atoms with E-state index < -0.39 is 0 Å². The van der Waals surface area contributed by atoms with E-state index in [1.807, 2.05) is 34.4 Å². The molecule has 51 heavy (non-hydrogen) atoms. The number of ether oxygens (including phenoxy) is 1. The van der Waals surface area contributed by atoms with Crippen LogP contribution in [0.25, 0.3) is 20.4 Å². The molecule has 5 heterocycles. The van der Waals surface area contributed by atoms with Crippen molar-refractivity contribution in [2.75, 3.05) is 40.1 Å². The van der Waals surface area contributed by atoms with Gasteiger partial charge in [0, 0.05) is 56.0 Å². The number of nitrogens with one attached hydrogen (secondary N) is 1. The third-order valence-electron chi connectivity index (χ3n) is 9.67. The second kappa shape index (κ2) is 14.8. The number of nitrogens with zero attached hydrogens (tertiary/aromatic N) is 7. The van der Waals surface area contributed by atoms with Crippen LogP contribution in [0.4, 0.5) is 11.5 Å². The van der Waals surface area contributed by atoms with Gasteiger partial charge >= 0.3 is 0 Å². The van der Waals surface area contributed by atoms with Gasteiger partial charge < -0.3 is 19.9 Å². The van der Waals surface area contributed by atoms with Crippen LogP contribution in [0.1, 0.15) is 58.2 Å². The molecule has 2 atom stereocenters. The Morgan fingerprint density at radius 3 is 2.12 bits per heavy atom. The van der Waals surface area contributed by atoms with Gasteiger partial charge in [-0.25, -0.2) is 19.9 Å². The fourth-order valence-corrected chi connectivity index (χ4v) is 9.96. The molecular weight excluding hydrogens is 704 g/mol. The normalized spacial score (nSPS) is 17.3. The van der Waals surface area contributed by atoms with E-state index in [0.717, 1.165) is 88.2 Å². The van der Waals surface area contributed by atoms with Gasteiger partial charge in [-0.2, -0.15) is 0 Å². The van der Waals surface area contributed by atoms with Crippen LogP contribution in [-0.4, -0.2) is 82.6 Å². The van der Waals surface area contributed by atoms with Crippen LogP contribution in [0.2, 0.25) is 5.15 Å². The summed E-state index contributed by atoms with van der Waals surface area (Å²) in [5.41, 5.74) is 5.70. The van der Waals surface area contributed by atoms with Crippen molar-refractivity contribution in [3.8, 4) is 5.75 Å². The highest BCUT2D eigenvalue weighted by Crippen LogP contribution is 2.43. The number of carbonyl (C=O) groups is 2. The molecule has 8 rings (SSSR count). The zero-order valence-corrected chi connectivity index (χ0v) is 31.8. The topological polar surface area (TPSA) is 126 Å². The maximum Gasteiger partial charge on any atom is 0.225 e. The van der Waals surface area contributed by atoms with E-state index in [2.05, 4.69) is 49.3 Å². The predicted molar refractivity (Wildman–Crippen MR) is 205 cm³/mol. The third-order valence-corrected chi connectivity index (χ3v) is 12.3. The van der Waals surface area contributed by atoms with E-state index in [4.69, 9.17) is 16.3 Å². The summed E-state index contributed by atoms with van der Waals surface area (Å²) in [4.78, 5) is 54.2. The molecule has 5 aromatic rings. The van der Waals surface area contributed by atoms with Gasteiger partial charge in [-0.3, -0.25) is 14.6 Å². The fraction of sp³-hybridized carbons (Fsp3) is 0.432. The summed E-state index contributed by atoms with van der Waals surface area (Å²) < 4.78 is 6.05. The van der Waals surface area contributed by atoms with Crippen LogP contribution < -0.4 is 10.1 Å². The Labute approximate surface area is 310 Å². The van der Waals surface area contributed by atoms with Gasteiger partial charge in [0.05, 0.1) is 29.6 Å². The summed E-state index contributed by atoms with van der Waals surface area (Å²) in [7, 11) is 7.28. The molecule has 0 fully saturated rings. The highest BCUT2D eigenvalue weighted by molar-refractivity contribution is 7.19. The molecule has 4 aromatic heterocycles. The number of aliphatic imine (C=N–C) groups is 1. The van der Waals surface area contributed by atoms with E-state index in [-0.39, 0.29) is 23.7 Å². The van der Waals surface area contributed by atoms with Crippen molar-refractivity contribution < 1.29 is 14.3 Å². The zero-order chi connectivity index (χ0) is 35.8. The Morgan fingerprint density at radius 2 is 1.49 bits per heavy atom. The minimum absolute atomic E-state index is 0.0416. The molecule has 0 saturated heterocycles. The third kappa shape index (κ3) is 7.03. The van der Waals surface area contributed by atoms with E-state index >= 15 is 0 Å². The SMILES string of the molecule is CCCOc1cc2c(cc1Nc1ncnc3sc4c(c13)CC[C@H](C(=O)N(C)C)C4)C=NC2.CN(C)C(=O)[C@H]1CCc2c(sc3ncnc(Cl)c23)C1. The largest absolute Gasteiger partial charge is 0.491 e. The monoisotopic (exact) mass is 744 g/mol. The lowest BCUT2D eigenvalue weighted by atomic mass is 9.87. The maximum atomic E-state index is 12.5. The van der Waals surface area contributed by atoms with Gasteiger partial charge in [0.2, 0.25) is 11.8 Å². The first-order chi connectivity index (χ1) is 24.6. The van der Waals surface area contributed by atoms with E-state index in [9.17, 15) is 9.59 Å². The van der Waals surface area contributed by atoms with Crippen molar-refractivity contribution in [1.82, 2.24) is 29.7 Å². The van der Waals surface area contributed by atoms with Crippen molar-refractivity contribution in [3.05, 3.63) is 61.9 Å². The number of aromatic nitrogens is 4. The van der Waals surface area contributed by atoms with Crippen molar-refractivity contribution in [2.24, 2.45) is 16.8 Å². The molecule has 3 aliphatic rings. The molecule has 0 spiro atoms. The molecule has 266 valence electrons. The number of thiophene rings is 2. The molecule has 0 saturated carbocycles. The molecule has 1 aliphatic heterocycles. The minimum Gasteiger partial charge on any atom is -0.491 e. The van der Waals surface area contributed by atoms with E-state index in [0.29, 0.717) is 18.3 Å². The average molecular weight is 745 g/mol. The van der Waals surface area contributed by atoms with Crippen molar-refractivity contribution in [3.63, 3.8) is 0 Å². The molecule has 1 aromatic carbocycles. The number of amides is 2. The molecule has 11 nitrogen and oxygen atoms in total. The molecular formula is C37H41ClN8O3S2. The lowest BCUT2D eigenvalue weighted by molar-refractivity contribution is -0.134. The molecule has 0 unspecified atom stereocenters. The number of halogens is 1. The number of rotatable bonds is 7. The van der Waals surface area contributed by atoms with Crippen LogP contribution in [0.5, 0.6) is 5.75 Å². The summed E-state index contributed by atoms with van der Waals surface area (Å²) in [5, 5.41) is 6.12. The maximum absolute atomic E-state index is 12.5. The lowest BCUT2D eigenvalue weighted by Gasteiger charge is -2.24. The van der Waals surface area contributed by atoms with Gasteiger partial charge in [-0.15, -0.1) is 22.7 Å². The van der Waals surface area contributed by atoms with Gasteiger partial charge in [-0.05, 0) is 79.3 Å². The van der Waals surface area contributed by atoms with Gasteiger partial charge in [0.15, 0.2) is 0 Å². The van der Waals surface area contributed by atoms with Crippen molar-refractivity contribution in [2.45, 2.75) is 58.4 Å². The summed E-state index contributed by atoms with van der Waals surface area (Å²) in [6.45, 7) is 3.45. The second-order valence-electron chi connectivity index (χ2n) is 13.6. The first-order valence-electron chi connectivity index (χ1n) is 17.3. The Kier molecular flexibility index (Phi) is 10.2. The number of carbonyl (C=O) groups excluding carboxylic acids is 2. The van der Waals surface area contributed by atoms with Crippen LogP contribution in [-0.2, 0) is 41.8 Å². The molecule has 0 radical (unpaired) electrons. The number of aryl methyl sites for hydroxylation is 2. The predicted octanol–water partition coefficient (Wildman–Crippen LogP) is 6.89. The molecule has 2 amide bonds. The molecule has 14 heteroatoms. The highest BCUT2D eigenvalue weighted by atomic mass is 35.5. The van der Waals surface area contributed by atoms with Crippen LogP contribution in [0, 0.1) is 11.8 Å². The summed E-state index contributed by atoms with van der Waals surface area (Å²) in [5.74, 6) is 2.15. The molecule has 1 N–H and O–H groups in total. The lowest BCUT2D eigenvalue weighted by Crippen LogP contribution is -2.32. The fourth-order valence-electron chi connectivity index (χ4n) is 7.12. The molecule has 2 aliphatic carbocycles. The van der Waals surface area contributed by atoms with E-state index in [1.54, 1.807) is 38.8 Å². The Balaban J connectivity index is 0.000000182. The first-order valence-corrected chi connectivity index (χ1v) is 19.3. The summed E-state index contributed by atoms with van der Waals surface area (Å²) in [6.07, 6.45) is 11.0. The van der Waals surface area contributed by atoms with Crippen LogP contribution in [0.15, 0.2) is 29.8 Å². The molecule has 0 bridgehead atoms. The van der Waals surface area contributed by atoms with Crippen molar-refractivity contribution >= 4 is 84.2 Å². The Morgan fingerprint density at radius 1 is 0.882 bits per heavy atom. The van der Waals surface area contributed by atoms with Gasteiger partial charge in [0.1, 0.15) is 39.0 Å². The number of fused-ring (bicyclic) bond motifs is 7. The van der Waals surface area contributed by atoms with E-state index in [1.165, 1.54) is 32.8 Å². The number of anilines is 2. The number of benzene rings is 1. The minimum atomic E-state index is 0.0416. The zero-order valence-electron chi connectivity index (χ0n) is 29.5. The average Bonchev–Trinajstić information content (AvgIpc) is 3.85. The van der Waals surface area contributed by atoms with Gasteiger partial charge in [0.25, 0.3) is 0 Å². The quantitative estimate of drug-likeness (QED) is 0.179. The Hall–Kier alpha value is -4.20. The standard InChI is InChI=1S/C24H27N5O2S.C13H14ClN3OS/c1-4-7-31-19-9-16-12-25-11-15(16)8-18(19)28-22-21-17-6-5-14(24(30)29(2)3)10-20(17)32-23(21)27-13-26-22;1-17(2)13(18)7-3-4-8-9(5-7)19-12-10(8)11(14)15-6-16-12/h8-9,11,13-14H,4-7,10,12H2,1-3H3,(H,26,27,28);6-7H,3-5H2,1-2H3/t14-;7-/m00/s1. The Bertz CT molecular complexity index is 2160. The summed E-state index contributed by atoms with van der Waals surface area (Å²) >= 11 is 9.49. The van der Waals surface area contributed by atoms with Crippen LogP contribution >= 0.6 is 34.3 Å². The highest BCUT2D eigenvalue weighted by Gasteiger charge is 2.31. The smallest absolute Gasteiger partial charge is 0.225 e. The van der Waals surface area contributed by atoms with Gasteiger partial charge in [-0.1, -0.05) is 18.5 Å². The number of hydrogen-bond donors (Lipinski definition) is 1.